The smallest absolute Gasteiger partial charge is 0.337 e. The zero-order valence-electron chi connectivity index (χ0n) is 16.5. The second-order valence-corrected chi connectivity index (χ2v) is 8.10. The van der Waals surface area contributed by atoms with Gasteiger partial charge in [0.15, 0.2) is 17.4 Å². The number of hydrogen-bond donors (Lipinski definition) is 1. The van der Waals surface area contributed by atoms with Crippen molar-refractivity contribution in [1.82, 2.24) is 5.32 Å². The predicted octanol–water partition coefficient (Wildman–Crippen LogP) is 4.81. The van der Waals surface area contributed by atoms with Gasteiger partial charge in [-0.3, -0.25) is 4.79 Å². The molecule has 0 amide bonds. The van der Waals surface area contributed by atoms with Crippen molar-refractivity contribution >= 4 is 11.8 Å². The summed E-state index contributed by atoms with van der Waals surface area (Å²) in [4.78, 5) is 26.0. The van der Waals surface area contributed by atoms with Gasteiger partial charge in [0.05, 0.1) is 5.57 Å². The maximum Gasteiger partial charge on any atom is 0.337 e. The lowest BCUT2D eigenvalue weighted by molar-refractivity contribution is -0.146. The van der Waals surface area contributed by atoms with Crippen molar-refractivity contribution < 1.29 is 23.1 Å². The fourth-order valence-electron chi connectivity index (χ4n) is 4.68. The quantitative estimate of drug-likeness (QED) is 0.739. The molecule has 1 aliphatic heterocycles. The highest BCUT2D eigenvalue weighted by Crippen LogP contribution is 2.43. The van der Waals surface area contributed by atoms with Gasteiger partial charge in [-0.2, -0.15) is 0 Å². The van der Waals surface area contributed by atoms with E-state index in [-0.39, 0.29) is 11.9 Å². The summed E-state index contributed by atoms with van der Waals surface area (Å²) < 4.78 is 33.4. The normalized spacial score (nSPS) is 23.0. The topological polar surface area (TPSA) is 55.4 Å². The minimum atomic E-state index is -0.996. The van der Waals surface area contributed by atoms with Gasteiger partial charge < -0.3 is 10.1 Å². The maximum atomic E-state index is 14.0. The fraction of sp³-hybridized carbons (Fsp3) is 0.478. The van der Waals surface area contributed by atoms with Gasteiger partial charge in [-0.05, 0) is 63.1 Å². The molecule has 3 aliphatic rings. The Hall–Kier alpha value is -2.50. The Balaban J connectivity index is 1.75. The average molecular weight is 401 g/mol. The molecule has 29 heavy (non-hydrogen) atoms. The molecule has 1 fully saturated rings. The number of ether oxygens (including phenoxy) is 1. The average Bonchev–Trinajstić information content (AvgIpc) is 2.70. The van der Waals surface area contributed by atoms with Crippen LogP contribution < -0.4 is 5.32 Å². The molecule has 1 atom stereocenters. The van der Waals surface area contributed by atoms with Gasteiger partial charge in [-0.1, -0.05) is 12.5 Å². The molecule has 0 bridgehead atoms. The molecule has 154 valence electrons. The van der Waals surface area contributed by atoms with Gasteiger partial charge in [0, 0.05) is 29.3 Å². The van der Waals surface area contributed by atoms with Crippen LogP contribution in [0.15, 0.2) is 40.7 Å². The molecule has 0 radical (unpaired) electrons. The Kier molecular flexibility index (Phi) is 5.52. The third-order valence-electron chi connectivity index (χ3n) is 6.10. The van der Waals surface area contributed by atoms with Crippen LogP contribution in [-0.4, -0.2) is 17.9 Å². The summed E-state index contributed by atoms with van der Waals surface area (Å²) in [6.07, 6.45) is 6.49. The van der Waals surface area contributed by atoms with Gasteiger partial charge in [-0.15, -0.1) is 0 Å². The van der Waals surface area contributed by atoms with Gasteiger partial charge in [0.2, 0.25) is 0 Å². The van der Waals surface area contributed by atoms with E-state index in [0.717, 1.165) is 56.4 Å². The SMILES string of the molecule is CC1=C(C(=O)OC2CCCCC2)[C@H](c2ccc(F)c(F)c2)C2=C(CCCC2=O)N1. The van der Waals surface area contributed by atoms with Crippen molar-refractivity contribution in [3.63, 3.8) is 0 Å². The van der Waals surface area contributed by atoms with Gasteiger partial charge in [0.25, 0.3) is 0 Å². The molecule has 4 nitrogen and oxygen atoms in total. The monoisotopic (exact) mass is 401 g/mol. The number of ketones is 1. The van der Waals surface area contributed by atoms with Gasteiger partial charge >= 0.3 is 5.97 Å². The number of hydrogen-bond acceptors (Lipinski definition) is 4. The van der Waals surface area contributed by atoms with Crippen LogP contribution in [0.5, 0.6) is 0 Å². The summed E-state index contributed by atoms with van der Waals surface area (Å²) >= 11 is 0. The summed E-state index contributed by atoms with van der Waals surface area (Å²) in [6, 6.07) is 3.57. The van der Waals surface area contributed by atoms with E-state index in [1.54, 1.807) is 6.92 Å². The van der Waals surface area contributed by atoms with E-state index in [2.05, 4.69) is 5.32 Å². The first-order chi connectivity index (χ1) is 14.0. The molecule has 1 aromatic carbocycles. The third kappa shape index (κ3) is 3.85. The lowest BCUT2D eigenvalue weighted by Gasteiger charge is -2.35. The van der Waals surface area contributed by atoms with E-state index in [1.165, 1.54) is 6.07 Å². The van der Waals surface area contributed by atoms with Crippen molar-refractivity contribution in [2.24, 2.45) is 0 Å². The summed E-state index contributed by atoms with van der Waals surface area (Å²) in [6.45, 7) is 1.77. The number of dihydropyridines is 1. The van der Waals surface area contributed by atoms with Crippen molar-refractivity contribution in [1.29, 1.82) is 0 Å². The summed E-state index contributed by atoms with van der Waals surface area (Å²) in [7, 11) is 0. The molecule has 1 heterocycles. The second-order valence-electron chi connectivity index (χ2n) is 8.10. The first kappa shape index (κ1) is 19.8. The zero-order chi connectivity index (χ0) is 20.5. The Labute approximate surface area is 169 Å². The summed E-state index contributed by atoms with van der Waals surface area (Å²) in [5, 5.41) is 3.21. The van der Waals surface area contributed by atoms with E-state index in [1.807, 2.05) is 0 Å². The highest BCUT2D eigenvalue weighted by atomic mass is 19.2. The van der Waals surface area contributed by atoms with Crippen molar-refractivity contribution in [2.45, 2.75) is 70.3 Å². The minimum absolute atomic E-state index is 0.0658. The van der Waals surface area contributed by atoms with Crippen LogP contribution >= 0.6 is 0 Å². The summed E-state index contributed by atoms with van der Waals surface area (Å²) in [5.74, 6) is -3.25. The number of carbonyl (C=O) groups is 2. The largest absolute Gasteiger partial charge is 0.459 e. The molecule has 1 N–H and O–H groups in total. The van der Waals surface area contributed by atoms with Crippen LogP contribution in [0.2, 0.25) is 0 Å². The number of esters is 1. The number of rotatable bonds is 3. The number of Topliss-reactive ketones (excluding diaryl/α,β-unsaturated/α-hetero) is 1. The molecule has 1 saturated carbocycles. The Morgan fingerprint density at radius 2 is 1.83 bits per heavy atom. The number of halogens is 2. The lowest BCUT2D eigenvalue weighted by atomic mass is 9.75. The molecule has 2 aliphatic carbocycles. The van der Waals surface area contributed by atoms with Crippen LogP contribution in [0.4, 0.5) is 8.78 Å². The Morgan fingerprint density at radius 1 is 1.07 bits per heavy atom. The number of nitrogens with one attached hydrogen (secondary N) is 1. The molecule has 4 rings (SSSR count). The van der Waals surface area contributed by atoms with Crippen molar-refractivity contribution in [3.05, 3.63) is 57.9 Å². The molecule has 0 saturated heterocycles. The van der Waals surface area contributed by atoms with E-state index in [0.29, 0.717) is 35.2 Å². The van der Waals surface area contributed by atoms with Gasteiger partial charge in [0.1, 0.15) is 6.10 Å². The van der Waals surface area contributed by atoms with E-state index < -0.39 is 23.5 Å². The molecular formula is C23H25F2NO3. The van der Waals surface area contributed by atoms with Crippen molar-refractivity contribution in [3.8, 4) is 0 Å². The predicted molar refractivity (Wildman–Crippen MR) is 104 cm³/mol. The first-order valence-electron chi connectivity index (χ1n) is 10.4. The van der Waals surface area contributed by atoms with Crippen molar-refractivity contribution in [2.75, 3.05) is 0 Å². The zero-order valence-corrected chi connectivity index (χ0v) is 16.5. The fourth-order valence-corrected chi connectivity index (χ4v) is 4.68. The first-order valence-corrected chi connectivity index (χ1v) is 10.4. The number of benzene rings is 1. The summed E-state index contributed by atoms with van der Waals surface area (Å²) in [5.41, 5.74) is 2.55. The number of allylic oxidation sites excluding steroid dienone is 3. The standard InChI is InChI=1S/C23H25F2NO3/c1-13-20(23(28)29-15-6-3-2-4-7-15)21(14-10-11-16(24)17(25)12-14)22-18(26-13)8-5-9-19(22)27/h10-12,15,21,26H,2-9H2,1H3/t21-/m0/s1. The molecule has 0 spiro atoms. The molecule has 1 aromatic rings. The molecule has 0 aromatic heterocycles. The van der Waals surface area contributed by atoms with Crippen LogP contribution in [0.3, 0.4) is 0 Å². The van der Waals surface area contributed by atoms with E-state index in [4.69, 9.17) is 4.74 Å². The van der Waals surface area contributed by atoms with Crippen LogP contribution in [-0.2, 0) is 14.3 Å². The molecular weight excluding hydrogens is 376 g/mol. The molecule has 0 unspecified atom stereocenters. The minimum Gasteiger partial charge on any atom is -0.459 e. The maximum absolute atomic E-state index is 14.0. The van der Waals surface area contributed by atoms with Crippen LogP contribution in [0.25, 0.3) is 0 Å². The third-order valence-corrected chi connectivity index (χ3v) is 6.10. The van der Waals surface area contributed by atoms with Crippen LogP contribution in [0, 0.1) is 11.6 Å². The van der Waals surface area contributed by atoms with Crippen LogP contribution in [0.1, 0.15) is 69.8 Å². The highest BCUT2D eigenvalue weighted by Gasteiger charge is 2.40. The molecule has 6 heteroatoms. The Morgan fingerprint density at radius 3 is 2.55 bits per heavy atom. The van der Waals surface area contributed by atoms with Gasteiger partial charge in [-0.25, -0.2) is 13.6 Å². The second kappa shape index (κ2) is 8.09. The number of carbonyl (C=O) groups excluding carboxylic acids is 2. The van der Waals surface area contributed by atoms with E-state index in [9.17, 15) is 18.4 Å². The van der Waals surface area contributed by atoms with E-state index >= 15 is 0 Å². The highest BCUT2D eigenvalue weighted by molar-refractivity contribution is 6.03. The lowest BCUT2D eigenvalue weighted by Crippen LogP contribution is -2.35. The Bertz CT molecular complexity index is 913.